The fraction of sp³-hybridized carbons (Fsp3) is 0.421. The number of unbranched alkanes of at least 4 members (excludes halogenated alkanes) is 2. The van der Waals surface area contributed by atoms with E-state index in [0.29, 0.717) is 6.42 Å². The topological polar surface area (TPSA) is 20.3 Å². The van der Waals surface area contributed by atoms with Crippen molar-refractivity contribution in [3.63, 3.8) is 0 Å². The summed E-state index contributed by atoms with van der Waals surface area (Å²) in [5, 5.41) is 0. The SMILES string of the molecule is CCCC/C=C/C1=CCCC(=O)N1C(C)c1ccccc1. The number of rotatable bonds is 6. The molecule has 1 heterocycles. The van der Waals surface area contributed by atoms with E-state index in [4.69, 9.17) is 0 Å². The smallest absolute Gasteiger partial charge is 0.227 e. The minimum atomic E-state index is 0.0843. The van der Waals surface area contributed by atoms with Crippen molar-refractivity contribution in [3.8, 4) is 0 Å². The van der Waals surface area contributed by atoms with Gasteiger partial charge in [0.05, 0.1) is 6.04 Å². The summed E-state index contributed by atoms with van der Waals surface area (Å²) in [5.41, 5.74) is 2.24. The standard InChI is InChI=1S/C19H25NO/c1-3-4-5-9-13-18-14-10-15-19(21)20(18)16(2)17-11-7-6-8-12-17/h6-9,11-14,16H,3-5,10,15H2,1-2H3/b13-9+. The van der Waals surface area contributed by atoms with E-state index in [0.717, 1.165) is 18.5 Å². The molecule has 1 atom stereocenters. The van der Waals surface area contributed by atoms with Crippen molar-refractivity contribution in [2.75, 3.05) is 0 Å². The van der Waals surface area contributed by atoms with Gasteiger partial charge >= 0.3 is 0 Å². The molecule has 0 aromatic heterocycles. The number of nitrogens with zero attached hydrogens (tertiary/aromatic N) is 1. The van der Waals surface area contributed by atoms with Crippen LogP contribution in [0.15, 0.2) is 54.3 Å². The highest BCUT2D eigenvalue weighted by Crippen LogP contribution is 2.29. The fourth-order valence-electron chi connectivity index (χ4n) is 2.70. The molecule has 0 saturated heterocycles. The molecular weight excluding hydrogens is 258 g/mol. The molecule has 1 aromatic carbocycles. The van der Waals surface area contributed by atoms with Gasteiger partial charge in [-0.05, 0) is 31.4 Å². The third kappa shape index (κ3) is 4.07. The van der Waals surface area contributed by atoms with Gasteiger partial charge < -0.3 is 4.90 Å². The molecule has 2 rings (SSSR count). The van der Waals surface area contributed by atoms with Crippen LogP contribution in [0.3, 0.4) is 0 Å². The molecular formula is C19H25NO. The van der Waals surface area contributed by atoms with E-state index in [1.807, 2.05) is 23.1 Å². The van der Waals surface area contributed by atoms with Crippen molar-refractivity contribution in [3.05, 3.63) is 59.8 Å². The Balaban J connectivity index is 2.16. The molecule has 1 unspecified atom stereocenters. The fourth-order valence-corrected chi connectivity index (χ4v) is 2.70. The van der Waals surface area contributed by atoms with Gasteiger partial charge in [0.2, 0.25) is 5.91 Å². The van der Waals surface area contributed by atoms with Gasteiger partial charge in [0.15, 0.2) is 0 Å². The first-order chi connectivity index (χ1) is 10.2. The molecule has 21 heavy (non-hydrogen) atoms. The Hall–Kier alpha value is -1.83. The predicted molar refractivity (Wildman–Crippen MR) is 87.7 cm³/mol. The van der Waals surface area contributed by atoms with Crippen LogP contribution in [0.25, 0.3) is 0 Å². The second kappa shape index (κ2) is 7.82. The van der Waals surface area contributed by atoms with Crippen molar-refractivity contribution in [1.29, 1.82) is 0 Å². The van der Waals surface area contributed by atoms with Crippen LogP contribution in [-0.4, -0.2) is 10.8 Å². The zero-order chi connectivity index (χ0) is 15.1. The van der Waals surface area contributed by atoms with Crippen molar-refractivity contribution >= 4 is 5.91 Å². The average molecular weight is 283 g/mol. The maximum Gasteiger partial charge on any atom is 0.227 e. The number of carbonyl (C=O) groups excluding carboxylic acids is 1. The summed E-state index contributed by atoms with van der Waals surface area (Å²) in [4.78, 5) is 14.3. The maximum absolute atomic E-state index is 12.4. The highest BCUT2D eigenvalue weighted by Gasteiger charge is 2.25. The van der Waals surface area contributed by atoms with E-state index in [2.05, 4.69) is 44.2 Å². The largest absolute Gasteiger partial charge is 0.306 e. The summed E-state index contributed by atoms with van der Waals surface area (Å²) in [7, 11) is 0. The summed E-state index contributed by atoms with van der Waals surface area (Å²) in [5.74, 6) is 0.226. The van der Waals surface area contributed by atoms with Gasteiger partial charge in [-0.1, -0.05) is 62.2 Å². The summed E-state index contributed by atoms with van der Waals surface area (Å²) < 4.78 is 0. The quantitative estimate of drug-likeness (QED) is 0.673. The number of hydrogen-bond acceptors (Lipinski definition) is 1. The Morgan fingerprint density at radius 3 is 2.76 bits per heavy atom. The molecule has 1 aliphatic rings. The Kier molecular flexibility index (Phi) is 5.79. The summed E-state index contributed by atoms with van der Waals surface area (Å²) in [6.07, 6.45) is 11.4. The molecule has 0 fully saturated rings. The second-order valence-electron chi connectivity index (χ2n) is 5.56. The van der Waals surface area contributed by atoms with Crippen LogP contribution in [-0.2, 0) is 4.79 Å². The van der Waals surface area contributed by atoms with Gasteiger partial charge in [-0.25, -0.2) is 0 Å². The van der Waals surface area contributed by atoms with Crippen molar-refractivity contribution in [1.82, 2.24) is 4.90 Å². The first-order valence-electron chi connectivity index (χ1n) is 7.97. The molecule has 1 amide bonds. The first kappa shape index (κ1) is 15.6. The molecule has 1 aromatic rings. The molecule has 0 radical (unpaired) electrons. The van der Waals surface area contributed by atoms with Gasteiger partial charge in [0.1, 0.15) is 0 Å². The van der Waals surface area contributed by atoms with Gasteiger partial charge in [-0.15, -0.1) is 0 Å². The predicted octanol–water partition coefficient (Wildman–Crippen LogP) is 5.00. The lowest BCUT2D eigenvalue weighted by molar-refractivity contribution is -0.131. The van der Waals surface area contributed by atoms with E-state index in [9.17, 15) is 4.79 Å². The number of hydrogen-bond donors (Lipinski definition) is 0. The van der Waals surface area contributed by atoms with Crippen molar-refractivity contribution < 1.29 is 4.79 Å². The Labute approximate surface area is 128 Å². The van der Waals surface area contributed by atoms with Crippen LogP contribution in [0.4, 0.5) is 0 Å². The van der Waals surface area contributed by atoms with Crippen LogP contribution in [0, 0.1) is 0 Å². The number of allylic oxidation sites excluding steroid dienone is 3. The van der Waals surface area contributed by atoms with E-state index in [1.165, 1.54) is 18.4 Å². The van der Waals surface area contributed by atoms with E-state index < -0.39 is 0 Å². The van der Waals surface area contributed by atoms with Crippen LogP contribution < -0.4 is 0 Å². The molecule has 0 aliphatic carbocycles. The Morgan fingerprint density at radius 1 is 1.29 bits per heavy atom. The lowest BCUT2D eigenvalue weighted by atomic mass is 10.0. The minimum Gasteiger partial charge on any atom is -0.306 e. The van der Waals surface area contributed by atoms with Crippen LogP contribution >= 0.6 is 0 Å². The maximum atomic E-state index is 12.4. The lowest BCUT2D eigenvalue weighted by Crippen LogP contribution is -2.34. The Morgan fingerprint density at radius 2 is 2.05 bits per heavy atom. The van der Waals surface area contributed by atoms with E-state index in [1.54, 1.807) is 0 Å². The molecule has 0 bridgehead atoms. The van der Waals surface area contributed by atoms with Crippen molar-refractivity contribution in [2.24, 2.45) is 0 Å². The van der Waals surface area contributed by atoms with Gasteiger partial charge in [-0.3, -0.25) is 4.79 Å². The molecule has 2 heteroatoms. The summed E-state index contributed by atoms with van der Waals surface area (Å²) in [6, 6.07) is 10.3. The second-order valence-corrected chi connectivity index (χ2v) is 5.56. The van der Waals surface area contributed by atoms with Gasteiger partial charge in [0.25, 0.3) is 0 Å². The zero-order valence-electron chi connectivity index (χ0n) is 13.1. The molecule has 0 spiro atoms. The zero-order valence-corrected chi connectivity index (χ0v) is 13.1. The molecule has 0 saturated carbocycles. The monoisotopic (exact) mass is 283 g/mol. The summed E-state index contributed by atoms with van der Waals surface area (Å²) in [6.45, 7) is 4.30. The third-order valence-corrected chi connectivity index (χ3v) is 3.94. The number of carbonyl (C=O) groups is 1. The van der Waals surface area contributed by atoms with Gasteiger partial charge in [-0.2, -0.15) is 0 Å². The average Bonchev–Trinajstić information content (AvgIpc) is 2.52. The van der Waals surface area contributed by atoms with Gasteiger partial charge in [0, 0.05) is 12.1 Å². The molecule has 112 valence electrons. The normalized spacial score (nSPS) is 17.1. The van der Waals surface area contributed by atoms with Crippen LogP contribution in [0.2, 0.25) is 0 Å². The van der Waals surface area contributed by atoms with Crippen LogP contribution in [0.1, 0.15) is 57.6 Å². The highest BCUT2D eigenvalue weighted by molar-refractivity contribution is 5.80. The minimum absolute atomic E-state index is 0.0843. The highest BCUT2D eigenvalue weighted by atomic mass is 16.2. The molecule has 0 N–H and O–H groups in total. The lowest BCUT2D eigenvalue weighted by Gasteiger charge is -2.33. The first-order valence-corrected chi connectivity index (χ1v) is 7.97. The third-order valence-electron chi connectivity index (χ3n) is 3.94. The Bertz CT molecular complexity index is 516. The summed E-state index contributed by atoms with van der Waals surface area (Å²) >= 11 is 0. The van der Waals surface area contributed by atoms with E-state index in [-0.39, 0.29) is 11.9 Å². The molecule has 1 aliphatic heterocycles. The number of amides is 1. The van der Waals surface area contributed by atoms with E-state index >= 15 is 0 Å². The van der Waals surface area contributed by atoms with Crippen LogP contribution in [0.5, 0.6) is 0 Å². The number of benzene rings is 1. The van der Waals surface area contributed by atoms with Crippen molar-refractivity contribution in [2.45, 2.75) is 52.0 Å². The molecule has 2 nitrogen and oxygen atoms in total.